The van der Waals surface area contributed by atoms with E-state index in [1.807, 2.05) is 5.43 Å². The topological polar surface area (TPSA) is 72.2 Å². The standard InChI is InChI=1S/C9H11F3N4O/c10-6-5(4-3-14-1-2-17-4)7(11)9(16-13)15-8(6)12/h4,14H,1-3,13H2,(H,15,16). The number of pyridine rings is 1. The third kappa shape index (κ3) is 2.19. The minimum Gasteiger partial charge on any atom is -0.371 e. The number of rotatable bonds is 2. The number of aromatic nitrogens is 1. The lowest BCUT2D eigenvalue weighted by Crippen LogP contribution is -2.34. The van der Waals surface area contributed by atoms with Crippen LogP contribution in [0.25, 0.3) is 0 Å². The quantitative estimate of drug-likeness (QED) is 0.402. The number of anilines is 1. The van der Waals surface area contributed by atoms with Crippen LogP contribution < -0.4 is 16.6 Å². The Labute approximate surface area is 95.1 Å². The third-order valence-corrected chi connectivity index (χ3v) is 2.46. The smallest absolute Gasteiger partial charge is 0.251 e. The molecule has 1 aliphatic rings. The van der Waals surface area contributed by atoms with E-state index >= 15 is 0 Å². The highest BCUT2D eigenvalue weighted by Crippen LogP contribution is 2.28. The maximum absolute atomic E-state index is 13.8. The largest absolute Gasteiger partial charge is 0.371 e. The number of nitrogens with two attached hydrogens (primary N) is 1. The molecule has 0 radical (unpaired) electrons. The van der Waals surface area contributed by atoms with Crippen molar-refractivity contribution in [1.82, 2.24) is 10.3 Å². The van der Waals surface area contributed by atoms with Crippen molar-refractivity contribution in [2.75, 3.05) is 25.1 Å². The van der Waals surface area contributed by atoms with Gasteiger partial charge in [0.25, 0.3) is 5.95 Å². The van der Waals surface area contributed by atoms with Crippen molar-refractivity contribution >= 4 is 5.82 Å². The van der Waals surface area contributed by atoms with Crippen LogP contribution in [0.1, 0.15) is 11.7 Å². The highest BCUT2D eigenvalue weighted by Gasteiger charge is 2.28. The molecule has 0 aromatic carbocycles. The molecular weight excluding hydrogens is 237 g/mol. The van der Waals surface area contributed by atoms with Crippen molar-refractivity contribution in [1.29, 1.82) is 0 Å². The summed E-state index contributed by atoms with van der Waals surface area (Å²) in [7, 11) is 0. The molecule has 1 unspecified atom stereocenters. The molecule has 0 bridgehead atoms. The summed E-state index contributed by atoms with van der Waals surface area (Å²) in [6, 6.07) is 0. The SMILES string of the molecule is NNc1nc(F)c(F)c(C2CNCCO2)c1F. The molecule has 2 rings (SSSR count). The number of halogens is 3. The van der Waals surface area contributed by atoms with Crippen molar-refractivity contribution in [3.63, 3.8) is 0 Å². The van der Waals surface area contributed by atoms with Gasteiger partial charge in [-0.3, -0.25) is 0 Å². The van der Waals surface area contributed by atoms with Crippen molar-refractivity contribution in [2.45, 2.75) is 6.10 Å². The van der Waals surface area contributed by atoms with Gasteiger partial charge < -0.3 is 15.5 Å². The molecular formula is C9H11F3N4O. The average molecular weight is 248 g/mol. The molecule has 1 aromatic rings. The molecule has 94 valence electrons. The Morgan fingerprint density at radius 1 is 1.35 bits per heavy atom. The van der Waals surface area contributed by atoms with Gasteiger partial charge in [0.15, 0.2) is 17.5 Å². The summed E-state index contributed by atoms with van der Waals surface area (Å²) in [6.45, 7) is 1.06. The molecule has 1 aromatic heterocycles. The van der Waals surface area contributed by atoms with Gasteiger partial charge in [0.05, 0.1) is 12.2 Å². The summed E-state index contributed by atoms with van der Waals surface area (Å²) in [6.07, 6.45) is -0.895. The number of nitrogens with zero attached hydrogens (tertiary/aromatic N) is 1. The van der Waals surface area contributed by atoms with E-state index < -0.39 is 35.1 Å². The van der Waals surface area contributed by atoms with Gasteiger partial charge in [-0.1, -0.05) is 0 Å². The first-order valence-electron chi connectivity index (χ1n) is 4.98. The van der Waals surface area contributed by atoms with Gasteiger partial charge in [0.2, 0.25) is 0 Å². The number of ether oxygens (including phenoxy) is 1. The summed E-state index contributed by atoms with van der Waals surface area (Å²) in [5, 5.41) is 2.89. The Kier molecular flexibility index (Phi) is 3.46. The molecule has 0 saturated carbocycles. The summed E-state index contributed by atoms with van der Waals surface area (Å²) in [5.74, 6) is 0.615. The molecule has 17 heavy (non-hydrogen) atoms. The summed E-state index contributed by atoms with van der Waals surface area (Å²) < 4.78 is 45.6. The highest BCUT2D eigenvalue weighted by molar-refractivity contribution is 5.40. The van der Waals surface area contributed by atoms with E-state index in [0.29, 0.717) is 13.2 Å². The number of nitrogen functional groups attached to an aromatic ring is 1. The number of hydrazine groups is 1. The minimum atomic E-state index is -1.41. The number of morpholine rings is 1. The maximum atomic E-state index is 13.8. The van der Waals surface area contributed by atoms with Crippen LogP contribution in [0.5, 0.6) is 0 Å². The fourth-order valence-electron chi connectivity index (χ4n) is 1.66. The lowest BCUT2D eigenvalue weighted by molar-refractivity contribution is 0.0226. The third-order valence-electron chi connectivity index (χ3n) is 2.46. The predicted octanol–water partition coefficient (Wildman–Crippen LogP) is 0.445. The normalized spacial score (nSPS) is 20.4. The molecule has 0 spiro atoms. The molecule has 5 nitrogen and oxygen atoms in total. The molecule has 1 aliphatic heterocycles. The van der Waals surface area contributed by atoms with E-state index in [0.717, 1.165) is 0 Å². The highest BCUT2D eigenvalue weighted by atomic mass is 19.2. The van der Waals surface area contributed by atoms with Gasteiger partial charge in [-0.15, -0.1) is 0 Å². The predicted molar refractivity (Wildman–Crippen MR) is 53.5 cm³/mol. The first-order chi connectivity index (χ1) is 8.15. The van der Waals surface area contributed by atoms with Gasteiger partial charge in [-0.2, -0.15) is 9.37 Å². The lowest BCUT2D eigenvalue weighted by atomic mass is 10.1. The van der Waals surface area contributed by atoms with Gasteiger partial charge in [0, 0.05) is 13.1 Å². The van der Waals surface area contributed by atoms with Crippen molar-refractivity contribution < 1.29 is 17.9 Å². The van der Waals surface area contributed by atoms with Gasteiger partial charge in [-0.05, 0) is 0 Å². The Morgan fingerprint density at radius 3 is 2.71 bits per heavy atom. The van der Waals surface area contributed by atoms with Crippen LogP contribution in [0.15, 0.2) is 0 Å². The molecule has 4 N–H and O–H groups in total. The van der Waals surface area contributed by atoms with Crippen LogP contribution in [0.2, 0.25) is 0 Å². The maximum Gasteiger partial charge on any atom is 0.251 e. The van der Waals surface area contributed by atoms with Crippen molar-refractivity contribution in [2.24, 2.45) is 5.84 Å². The van der Waals surface area contributed by atoms with Crippen LogP contribution in [0.4, 0.5) is 19.0 Å². The molecule has 1 saturated heterocycles. The molecule has 8 heteroatoms. The number of hydrogen-bond acceptors (Lipinski definition) is 5. The van der Waals surface area contributed by atoms with Gasteiger partial charge in [-0.25, -0.2) is 14.6 Å². The Bertz CT molecular complexity index is 423. The monoisotopic (exact) mass is 248 g/mol. The molecule has 0 aliphatic carbocycles. The summed E-state index contributed by atoms with van der Waals surface area (Å²) in [4.78, 5) is 3.02. The molecule has 1 fully saturated rings. The second-order valence-corrected chi connectivity index (χ2v) is 3.50. The zero-order valence-corrected chi connectivity index (χ0v) is 8.77. The lowest BCUT2D eigenvalue weighted by Gasteiger charge is -2.25. The first kappa shape index (κ1) is 12.1. The van der Waals surface area contributed by atoms with Crippen LogP contribution in [0, 0.1) is 17.6 Å². The van der Waals surface area contributed by atoms with Crippen molar-refractivity contribution in [3.05, 3.63) is 23.1 Å². The van der Waals surface area contributed by atoms with E-state index in [-0.39, 0.29) is 6.54 Å². The van der Waals surface area contributed by atoms with Crippen LogP contribution in [-0.2, 0) is 4.74 Å². The molecule has 2 heterocycles. The fourth-order valence-corrected chi connectivity index (χ4v) is 1.66. The zero-order chi connectivity index (χ0) is 12.4. The molecule has 1 atom stereocenters. The fraction of sp³-hybridized carbons (Fsp3) is 0.444. The zero-order valence-electron chi connectivity index (χ0n) is 8.77. The number of hydrogen-bond donors (Lipinski definition) is 3. The number of nitrogens with one attached hydrogen (secondary N) is 2. The Morgan fingerprint density at radius 2 is 2.12 bits per heavy atom. The Hall–Kier alpha value is -1.38. The van der Waals surface area contributed by atoms with E-state index in [9.17, 15) is 13.2 Å². The van der Waals surface area contributed by atoms with E-state index in [4.69, 9.17) is 10.6 Å². The van der Waals surface area contributed by atoms with Crippen LogP contribution in [0.3, 0.4) is 0 Å². The van der Waals surface area contributed by atoms with E-state index in [2.05, 4.69) is 10.3 Å². The summed E-state index contributed by atoms with van der Waals surface area (Å²) >= 11 is 0. The first-order valence-corrected chi connectivity index (χ1v) is 4.98. The van der Waals surface area contributed by atoms with Crippen molar-refractivity contribution in [3.8, 4) is 0 Å². The van der Waals surface area contributed by atoms with Crippen LogP contribution >= 0.6 is 0 Å². The Balaban J connectivity index is 2.46. The van der Waals surface area contributed by atoms with E-state index in [1.54, 1.807) is 0 Å². The second-order valence-electron chi connectivity index (χ2n) is 3.50. The second kappa shape index (κ2) is 4.86. The van der Waals surface area contributed by atoms with Gasteiger partial charge in [0.1, 0.15) is 6.10 Å². The average Bonchev–Trinajstić information content (AvgIpc) is 2.35. The van der Waals surface area contributed by atoms with E-state index in [1.165, 1.54) is 0 Å². The van der Waals surface area contributed by atoms with Crippen LogP contribution in [-0.4, -0.2) is 24.7 Å². The van der Waals surface area contributed by atoms with Gasteiger partial charge >= 0.3 is 0 Å². The molecule has 0 amide bonds. The summed E-state index contributed by atoms with van der Waals surface area (Å²) in [5.41, 5.74) is 1.37. The minimum absolute atomic E-state index is 0.196.